The van der Waals surface area contributed by atoms with Crippen LogP contribution in [0.25, 0.3) is 0 Å². The van der Waals surface area contributed by atoms with Crippen molar-refractivity contribution in [3.8, 4) is 0 Å². The fraction of sp³-hybridized carbons (Fsp3) is 0.467. The molecule has 1 atom stereocenters. The van der Waals surface area contributed by atoms with Crippen LogP contribution < -0.4 is 0 Å². The third-order valence-electron chi connectivity index (χ3n) is 3.81. The summed E-state index contributed by atoms with van der Waals surface area (Å²) in [5.74, 6) is 0.0301. The summed E-state index contributed by atoms with van der Waals surface area (Å²) in [7, 11) is 0. The second kappa shape index (κ2) is 4.75. The van der Waals surface area contributed by atoms with Crippen molar-refractivity contribution >= 4 is 21.7 Å². The molecule has 1 heterocycles. The van der Waals surface area contributed by atoms with Gasteiger partial charge in [0.1, 0.15) is 4.60 Å². The van der Waals surface area contributed by atoms with Gasteiger partial charge in [-0.1, -0.05) is 26.8 Å². The summed E-state index contributed by atoms with van der Waals surface area (Å²) < 4.78 is 0.787. The molecule has 3 nitrogen and oxygen atoms in total. The monoisotopic (exact) mass is 323 g/mol. The van der Waals surface area contributed by atoms with Crippen LogP contribution in [0, 0.1) is 5.41 Å². The minimum absolute atomic E-state index is 0.0301. The molecule has 1 aliphatic carbocycles. The van der Waals surface area contributed by atoms with Crippen LogP contribution >= 0.6 is 15.9 Å². The van der Waals surface area contributed by atoms with Crippen molar-refractivity contribution in [2.45, 2.75) is 39.0 Å². The van der Waals surface area contributed by atoms with Gasteiger partial charge in [0.05, 0.1) is 6.26 Å². The van der Waals surface area contributed by atoms with Crippen LogP contribution in [0.2, 0.25) is 0 Å². The van der Waals surface area contributed by atoms with Crippen molar-refractivity contribution in [1.29, 1.82) is 0 Å². The van der Waals surface area contributed by atoms with Gasteiger partial charge in [-0.2, -0.15) is 0 Å². The smallest absolute Gasteiger partial charge is 0.167 e. The van der Waals surface area contributed by atoms with Crippen molar-refractivity contribution in [2.24, 2.45) is 5.41 Å². The zero-order valence-electron chi connectivity index (χ0n) is 11.4. The second-order valence-corrected chi connectivity index (χ2v) is 6.94. The fourth-order valence-corrected chi connectivity index (χ4v) is 3.43. The van der Waals surface area contributed by atoms with Gasteiger partial charge in [-0.3, -0.25) is 4.79 Å². The van der Waals surface area contributed by atoms with Crippen LogP contribution in [0.5, 0.6) is 0 Å². The van der Waals surface area contributed by atoms with Crippen molar-refractivity contribution in [3.05, 3.63) is 40.3 Å². The lowest BCUT2D eigenvalue weighted by atomic mass is 9.61. The number of aliphatic hydroxyl groups is 1. The van der Waals surface area contributed by atoms with Crippen molar-refractivity contribution < 1.29 is 9.90 Å². The molecule has 0 saturated heterocycles. The lowest BCUT2D eigenvalue weighted by Gasteiger charge is -2.42. The highest BCUT2D eigenvalue weighted by Gasteiger charge is 2.46. The number of hydrogen-bond acceptors (Lipinski definition) is 3. The number of allylic oxidation sites excluding steroid dienone is 1. The van der Waals surface area contributed by atoms with Gasteiger partial charge in [-0.25, -0.2) is 4.98 Å². The van der Waals surface area contributed by atoms with Crippen molar-refractivity contribution in [2.75, 3.05) is 0 Å². The molecule has 1 aliphatic rings. The molecule has 0 aliphatic heterocycles. The van der Waals surface area contributed by atoms with Crippen LogP contribution in [0.1, 0.15) is 39.3 Å². The van der Waals surface area contributed by atoms with E-state index in [1.165, 1.54) is 0 Å². The molecule has 19 heavy (non-hydrogen) atoms. The predicted octanol–water partition coefficient (Wildman–Crippen LogP) is 3.93. The Balaban J connectivity index is 2.47. The summed E-state index contributed by atoms with van der Waals surface area (Å²) in [5, 5.41) is 9.31. The van der Waals surface area contributed by atoms with Gasteiger partial charge in [-0.15, -0.1) is 0 Å². The van der Waals surface area contributed by atoms with E-state index >= 15 is 0 Å². The van der Waals surface area contributed by atoms with Crippen LogP contribution in [0.4, 0.5) is 0 Å². The Morgan fingerprint density at radius 1 is 1.37 bits per heavy atom. The topological polar surface area (TPSA) is 50.2 Å². The Hall–Kier alpha value is -1.16. The lowest BCUT2D eigenvalue weighted by molar-refractivity contribution is -0.126. The first-order chi connectivity index (χ1) is 8.78. The molecule has 1 aromatic rings. The number of Topliss-reactive ketones (excluding diaryl/α,β-unsaturated/α-hetero) is 1. The molecule has 4 heteroatoms. The van der Waals surface area contributed by atoms with Crippen molar-refractivity contribution in [1.82, 2.24) is 4.98 Å². The molecule has 1 unspecified atom stereocenters. The number of pyridine rings is 1. The van der Waals surface area contributed by atoms with E-state index in [0.717, 1.165) is 23.0 Å². The quantitative estimate of drug-likeness (QED) is 0.484. The van der Waals surface area contributed by atoms with Gasteiger partial charge in [0.15, 0.2) is 5.78 Å². The number of rotatable bonds is 1. The van der Waals surface area contributed by atoms with E-state index in [2.05, 4.69) is 27.8 Å². The molecule has 0 spiro atoms. The van der Waals surface area contributed by atoms with E-state index in [1.54, 1.807) is 0 Å². The van der Waals surface area contributed by atoms with E-state index in [4.69, 9.17) is 0 Å². The molecule has 2 rings (SSSR count). The maximum absolute atomic E-state index is 12.2. The van der Waals surface area contributed by atoms with Gasteiger partial charge in [-0.05, 0) is 40.9 Å². The number of halogens is 1. The van der Waals surface area contributed by atoms with Crippen molar-refractivity contribution in [3.63, 3.8) is 0 Å². The Morgan fingerprint density at radius 3 is 2.63 bits per heavy atom. The number of hydrogen-bond donors (Lipinski definition) is 1. The highest BCUT2D eigenvalue weighted by Crippen LogP contribution is 2.47. The number of ketones is 1. The minimum atomic E-state index is -0.481. The van der Waals surface area contributed by atoms with Gasteiger partial charge < -0.3 is 5.11 Å². The fourth-order valence-electron chi connectivity index (χ4n) is 3.08. The number of nitrogens with zero attached hydrogens (tertiary/aromatic N) is 1. The molecule has 1 N–H and O–H groups in total. The second-order valence-electron chi connectivity index (χ2n) is 6.13. The SMILES string of the molecule is CC1(C)CC(C)(c2cccc(Br)n2)C/C(=C/O)C1=O. The lowest BCUT2D eigenvalue weighted by Crippen LogP contribution is -2.42. The minimum Gasteiger partial charge on any atom is -0.515 e. The molecule has 1 saturated carbocycles. The average Bonchev–Trinajstić information content (AvgIpc) is 2.33. The summed E-state index contributed by atoms with van der Waals surface area (Å²) in [6.07, 6.45) is 2.20. The van der Waals surface area contributed by atoms with Gasteiger partial charge in [0.25, 0.3) is 0 Å². The summed E-state index contributed by atoms with van der Waals surface area (Å²) in [5.41, 5.74) is 0.712. The molecular formula is C15H18BrNO2. The molecule has 0 bridgehead atoms. The summed E-state index contributed by atoms with van der Waals surface area (Å²) in [6.45, 7) is 5.95. The maximum Gasteiger partial charge on any atom is 0.167 e. The zero-order valence-corrected chi connectivity index (χ0v) is 13.0. The van der Waals surface area contributed by atoms with Gasteiger partial charge in [0, 0.05) is 22.1 Å². The van der Waals surface area contributed by atoms with Crippen LogP contribution in [0.15, 0.2) is 34.6 Å². The Kier molecular flexibility index (Phi) is 3.56. The van der Waals surface area contributed by atoms with E-state index < -0.39 is 5.41 Å². The Labute approximate surface area is 121 Å². The zero-order chi connectivity index (χ0) is 14.3. The van der Waals surface area contributed by atoms with Crippen LogP contribution in [0.3, 0.4) is 0 Å². The average molecular weight is 324 g/mol. The van der Waals surface area contributed by atoms with Gasteiger partial charge >= 0.3 is 0 Å². The van der Waals surface area contributed by atoms with Crippen LogP contribution in [-0.4, -0.2) is 15.9 Å². The molecule has 0 radical (unpaired) electrons. The molecule has 1 aromatic heterocycles. The Morgan fingerprint density at radius 2 is 2.05 bits per heavy atom. The standard InChI is InChI=1S/C15H18BrNO2/c1-14(2)9-15(3,7-10(8-18)13(14)19)11-5-4-6-12(16)17-11/h4-6,8,18H,7,9H2,1-3H3/b10-8-. The molecule has 102 valence electrons. The molecule has 0 amide bonds. The number of aromatic nitrogens is 1. The predicted molar refractivity (Wildman–Crippen MR) is 78.0 cm³/mol. The molecule has 0 aromatic carbocycles. The molecule has 1 fully saturated rings. The maximum atomic E-state index is 12.2. The summed E-state index contributed by atoms with van der Waals surface area (Å²) in [4.78, 5) is 16.7. The van der Waals surface area contributed by atoms with E-state index in [1.807, 2.05) is 32.0 Å². The first-order valence-electron chi connectivity index (χ1n) is 6.30. The number of aliphatic hydroxyl groups excluding tert-OH is 1. The van der Waals surface area contributed by atoms with Crippen LogP contribution in [-0.2, 0) is 10.2 Å². The number of carbonyl (C=O) groups is 1. The third-order valence-corrected chi connectivity index (χ3v) is 4.25. The van der Waals surface area contributed by atoms with E-state index in [0.29, 0.717) is 12.0 Å². The molecular weight excluding hydrogens is 306 g/mol. The van der Waals surface area contributed by atoms with E-state index in [9.17, 15) is 9.90 Å². The first-order valence-corrected chi connectivity index (χ1v) is 7.09. The largest absolute Gasteiger partial charge is 0.515 e. The first kappa shape index (κ1) is 14.3. The summed E-state index contributed by atoms with van der Waals surface area (Å²) in [6, 6.07) is 5.81. The number of carbonyl (C=O) groups excluding carboxylic acids is 1. The third kappa shape index (κ3) is 2.59. The highest BCUT2D eigenvalue weighted by atomic mass is 79.9. The summed E-state index contributed by atoms with van der Waals surface area (Å²) >= 11 is 3.38. The highest BCUT2D eigenvalue weighted by molar-refractivity contribution is 9.10. The van der Waals surface area contributed by atoms with E-state index in [-0.39, 0.29) is 11.2 Å². The Bertz CT molecular complexity index is 551. The van der Waals surface area contributed by atoms with Gasteiger partial charge in [0.2, 0.25) is 0 Å². The normalized spacial score (nSPS) is 28.6.